The third-order valence-corrected chi connectivity index (χ3v) is 5.80. The van der Waals surface area contributed by atoms with Gasteiger partial charge in [0.2, 0.25) is 0 Å². The van der Waals surface area contributed by atoms with Crippen LogP contribution in [0.25, 0.3) is 11.1 Å². The highest BCUT2D eigenvalue weighted by molar-refractivity contribution is 5.71. The largest absolute Gasteiger partial charge is 0.492 e. The van der Waals surface area contributed by atoms with Crippen molar-refractivity contribution in [2.45, 2.75) is 6.54 Å². The van der Waals surface area contributed by atoms with E-state index in [1.807, 2.05) is 66.7 Å². The van der Waals surface area contributed by atoms with Gasteiger partial charge in [-0.15, -0.1) is 0 Å². The van der Waals surface area contributed by atoms with Gasteiger partial charge in [0.1, 0.15) is 18.1 Å². The van der Waals surface area contributed by atoms with E-state index < -0.39 is 6.09 Å². The minimum Gasteiger partial charge on any atom is -0.492 e. The van der Waals surface area contributed by atoms with Crippen LogP contribution in [-0.4, -0.2) is 62.3 Å². The summed E-state index contributed by atoms with van der Waals surface area (Å²) in [5.41, 5.74) is 3.16. The Bertz CT molecular complexity index is 999. The van der Waals surface area contributed by atoms with E-state index in [-0.39, 0.29) is 0 Å². The molecule has 172 valence electrons. The number of carbonyl (C=O) groups excluding carboxylic acids is 1. The van der Waals surface area contributed by atoms with Crippen LogP contribution >= 0.6 is 0 Å². The Balaban J connectivity index is 1.22. The molecule has 33 heavy (non-hydrogen) atoms. The summed E-state index contributed by atoms with van der Waals surface area (Å²) >= 11 is 0. The lowest BCUT2D eigenvalue weighted by Crippen LogP contribution is -2.45. The van der Waals surface area contributed by atoms with Crippen molar-refractivity contribution in [3.8, 4) is 22.6 Å². The van der Waals surface area contributed by atoms with Crippen LogP contribution in [0.15, 0.2) is 78.9 Å². The van der Waals surface area contributed by atoms with Crippen molar-refractivity contribution in [1.29, 1.82) is 0 Å². The molecule has 1 saturated heterocycles. The zero-order valence-corrected chi connectivity index (χ0v) is 19.1. The second kappa shape index (κ2) is 11.5. The summed E-state index contributed by atoms with van der Waals surface area (Å²) in [7, 11) is 2.17. The van der Waals surface area contributed by atoms with Crippen LogP contribution < -0.4 is 14.8 Å². The molecule has 1 N–H and O–H groups in total. The second-order valence-electron chi connectivity index (χ2n) is 8.27. The minimum absolute atomic E-state index is 0.432. The van der Waals surface area contributed by atoms with E-state index in [0.29, 0.717) is 18.9 Å². The van der Waals surface area contributed by atoms with Crippen molar-refractivity contribution in [3.63, 3.8) is 0 Å². The summed E-state index contributed by atoms with van der Waals surface area (Å²) in [6, 6.07) is 25.3. The summed E-state index contributed by atoms with van der Waals surface area (Å²) in [5, 5.41) is 2.76. The van der Waals surface area contributed by atoms with Crippen LogP contribution in [0.2, 0.25) is 0 Å². The van der Waals surface area contributed by atoms with Gasteiger partial charge in [-0.25, -0.2) is 4.79 Å². The maximum atomic E-state index is 12.0. The van der Waals surface area contributed by atoms with Crippen molar-refractivity contribution < 1.29 is 14.3 Å². The number of amides is 1. The first-order valence-electron chi connectivity index (χ1n) is 11.4. The molecule has 0 spiro atoms. The van der Waals surface area contributed by atoms with Gasteiger partial charge in [-0.3, -0.25) is 4.90 Å². The Labute approximate surface area is 195 Å². The van der Waals surface area contributed by atoms with Gasteiger partial charge in [0.05, 0.1) is 0 Å². The predicted molar refractivity (Wildman–Crippen MR) is 131 cm³/mol. The van der Waals surface area contributed by atoms with Gasteiger partial charge in [0, 0.05) is 39.3 Å². The maximum Gasteiger partial charge on any atom is 0.412 e. The zero-order chi connectivity index (χ0) is 22.9. The molecule has 6 nitrogen and oxygen atoms in total. The van der Waals surface area contributed by atoms with E-state index in [4.69, 9.17) is 9.47 Å². The lowest BCUT2D eigenvalue weighted by atomic mass is 10.1. The number of benzene rings is 3. The molecule has 0 bridgehead atoms. The Hall–Kier alpha value is -3.35. The van der Waals surface area contributed by atoms with Crippen molar-refractivity contribution >= 4 is 6.09 Å². The third kappa shape index (κ3) is 7.07. The van der Waals surface area contributed by atoms with Crippen LogP contribution in [0.5, 0.6) is 11.5 Å². The lowest BCUT2D eigenvalue weighted by molar-refractivity contribution is 0.134. The third-order valence-electron chi connectivity index (χ3n) is 5.80. The van der Waals surface area contributed by atoms with E-state index in [9.17, 15) is 4.79 Å². The van der Waals surface area contributed by atoms with Crippen molar-refractivity contribution in [2.75, 3.05) is 46.4 Å². The van der Waals surface area contributed by atoms with Crippen LogP contribution in [0.4, 0.5) is 4.79 Å². The van der Waals surface area contributed by atoms with E-state index >= 15 is 0 Å². The normalized spacial score (nSPS) is 14.6. The Morgan fingerprint density at radius 2 is 1.42 bits per heavy atom. The topological polar surface area (TPSA) is 54.0 Å². The van der Waals surface area contributed by atoms with Gasteiger partial charge in [0.25, 0.3) is 0 Å². The highest BCUT2D eigenvalue weighted by atomic mass is 16.6. The molecular formula is C27H31N3O3. The molecule has 1 amide bonds. The quantitative estimate of drug-likeness (QED) is 0.561. The van der Waals surface area contributed by atoms with E-state index in [1.54, 1.807) is 12.1 Å². The molecule has 0 saturated carbocycles. The van der Waals surface area contributed by atoms with E-state index in [2.05, 4.69) is 22.2 Å². The fourth-order valence-electron chi connectivity index (χ4n) is 3.74. The number of rotatable bonds is 8. The van der Waals surface area contributed by atoms with Gasteiger partial charge in [-0.05, 0) is 48.0 Å². The lowest BCUT2D eigenvalue weighted by Gasteiger charge is -2.32. The SMILES string of the molecule is CN1CCN(CCOc2ccc(-c3ccc(OC(=O)NCc4ccccc4)cc3)cc2)CC1. The first-order valence-corrected chi connectivity index (χ1v) is 11.4. The average molecular weight is 446 g/mol. The van der Waals surface area contributed by atoms with Gasteiger partial charge in [0.15, 0.2) is 0 Å². The van der Waals surface area contributed by atoms with Crippen LogP contribution in [-0.2, 0) is 6.54 Å². The number of nitrogens with one attached hydrogen (secondary N) is 1. The fourth-order valence-corrected chi connectivity index (χ4v) is 3.74. The Morgan fingerprint density at radius 1 is 0.818 bits per heavy atom. The van der Waals surface area contributed by atoms with Crippen molar-refractivity contribution in [3.05, 3.63) is 84.4 Å². The van der Waals surface area contributed by atoms with Gasteiger partial charge in [-0.2, -0.15) is 0 Å². The number of hydrogen-bond acceptors (Lipinski definition) is 5. The summed E-state index contributed by atoms with van der Waals surface area (Å²) in [6.07, 6.45) is -0.468. The first-order chi connectivity index (χ1) is 16.2. The summed E-state index contributed by atoms with van der Waals surface area (Å²) in [6.45, 7) is 6.53. The molecule has 0 radical (unpaired) electrons. The molecule has 3 aromatic rings. The van der Waals surface area contributed by atoms with Gasteiger partial charge >= 0.3 is 6.09 Å². The highest BCUT2D eigenvalue weighted by Gasteiger charge is 2.13. The minimum atomic E-state index is -0.468. The highest BCUT2D eigenvalue weighted by Crippen LogP contribution is 2.24. The van der Waals surface area contributed by atoms with Crippen molar-refractivity contribution in [1.82, 2.24) is 15.1 Å². The smallest absolute Gasteiger partial charge is 0.412 e. The zero-order valence-electron chi connectivity index (χ0n) is 19.1. The first kappa shape index (κ1) is 22.8. The van der Waals surface area contributed by atoms with Gasteiger partial charge < -0.3 is 19.7 Å². The molecule has 1 aliphatic heterocycles. The fraction of sp³-hybridized carbons (Fsp3) is 0.296. The molecule has 1 heterocycles. The Morgan fingerprint density at radius 3 is 2.06 bits per heavy atom. The van der Waals surface area contributed by atoms with E-state index in [0.717, 1.165) is 55.2 Å². The summed E-state index contributed by atoms with van der Waals surface area (Å²) in [4.78, 5) is 16.8. The summed E-state index contributed by atoms with van der Waals surface area (Å²) in [5.74, 6) is 1.39. The number of nitrogens with zero attached hydrogens (tertiary/aromatic N) is 2. The molecule has 3 aromatic carbocycles. The standard InChI is InChI=1S/C27H31N3O3/c1-29-15-17-30(18-16-29)19-20-32-25-11-7-23(8-12-25)24-9-13-26(14-10-24)33-27(31)28-21-22-5-3-2-4-6-22/h2-14H,15-21H2,1H3,(H,28,31). The second-order valence-corrected chi connectivity index (χ2v) is 8.27. The predicted octanol–water partition coefficient (Wildman–Crippen LogP) is 4.27. The number of ether oxygens (including phenoxy) is 2. The van der Waals surface area contributed by atoms with Gasteiger partial charge in [-0.1, -0.05) is 54.6 Å². The molecule has 0 aromatic heterocycles. The maximum absolute atomic E-state index is 12.0. The molecule has 6 heteroatoms. The molecular weight excluding hydrogens is 414 g/mol. The Kier molecular flexibility index (Phi) is 7.95. The molecule has 1 aliphatic rings. The van der Waals surface area contributed by atoms with Crippen LogP contribution in [0.1, 0.15) is 5.56 Å². The number of likely N-dealkylation sites (N-methyl/N-ethyl adjacent to an activating group) is 1. The molecule has 0 atom stereocenters. The number of carbonyl (C=O) groups is 1. The van der Waals surface area contributed by atoms with Crippen LogP contribution in [0, 0.1) is 0 Å². The summed E-state index contributed by atoms with van der Waals surface area (Å²) < 4.78 is 11.3. The molecule has 0 aliphatic carbocycles. The average Bonchev–Trinajstić information content (AvgIpc) is 2.86. The molecule has 0 unspecified atom stereocenters. The molecule has 4 rings (SSSR count). The van der Waals surface area contributed by atoms with Crippen LogP contribution in [0.3, 0.4) is 0 Å². The number of hydrogen-bond donors (Lipinski definition) is 1. The van der Waals surface area contributed by atoms with Crippen molar-refractivity contribution in [2.24, 2.45) is 0 Å². The monoisotopic (exact) mass is 445 g/mol. The molecule has 1 fully saturated rings. The number of piperazine rings is 1. The van der Waals surface area contributed by atoms with E-state index in [1.165, 1.54) is 0 Å².